The predicted octanol–water partition coefficient (Wildman–Crippen LogP) is 2.04. The van der Waals surface area contributed by atoms with Gasteiger partial charge in [0.05, 0.1) is 59.5 Å². The number of hydrogen-bond donors (Lipinski definition) is 2. The van der Waals surface area contributed by atoms with Gasteiger partial charge in [-0.2, -0.15) is 0 Å². The van der Waals surface area contributed by atoms with Gasteiger partial charge in [0.25, 0.3) is 0 Å². The molecule has 0 saturated heterocycles. The molecule has 4 N–H and O–H groups in total. The van der Waals surface area contributed by atoms with Gasteiger partial charge in [0, 0.05) is 13.2 Å². The van der Waals surface area contributed by atoms with Gasteiger partial charge in [-0.1, -0.05) is 19.8 Å². The Hall–Kier alpha value is -0.320. The summed E-state index contributed by atoms with van der Waals surface area (Å²) in [6.07, 6.45) is 8.07. The van der Waals surface area contributed by atoms with E-state index in [4.69, 9.17) is 35.2 Å². The molecule has 0 fully saturated rings. The first-order valence-electron chi connectivity index (χ1n) is 12.4. The molecule has 0 rings (SSSR count). The van der Waals surface area contributed by atoms with Crippen molar-refractivity contribution in [3.63, 3.8) is 0 Å². The standard InChI is InChI=1S/C23H51N3O5/c1-2-14-27-16-18-29-20-22-31-23-21-30-19-17-28-15-13-26(11-7-3-5-9-24)12-8-4-6-10-25/h2-25H2,1H3. The Morgan fingerprint density at radius 3 is 1.23 bits per heavy atom. The fraction of sp³-hybridized carbons (Fsp3) is 1.00. The van der Waals surface area contributed by atoms with Crippen LogP contribution >= 0.6 is 0 Å². The molecule has 8 nitrogen and oxygen atoms in total. The summed E-state index contributed by atoms with van der Waals surface area (Å²) in [4.78, 5) is 2.50. The van der Waals surface area contributed by atoms with Gasteiger partial charge in [-0.15, -0.1) is 0 Å². The van der Waals surface area contributed by atoms with E-state index in [9.17, 15) is 0 Å². The molecule has 0 atom stereocenters. The van der Waals surface area contributed by atoms with Crippen molar-refractivity contribution in [2.75, 3.05) is 98.8 Å². The zero-order valence-electron chi connectivity index (χ0n) is 20.2. The summed E-state index contributed by atoms with van der Waals surface area (Å²) in [5.41, 5.74) is 11.2. The lowest BCUT2D eigenvalue weighted by Crippen LogP contribution is -2.30. The maximum atomic E-state index is 5.74. The molecule has 0 saturated carbocycles. The molecule has 0 unspecified atom stereocenters. The Labute approximate surface area is 191 Å². The average Bonchev–Trinajstić information content (AvgIpc) is 2.78. The maximum absolute atomic E-state index is 5.74. The van der Waals surface area contributed by atoms with Crippen LogP contribution < -0.4 is 11.5 Å². The molecular weight excluding hydrogens is 398 g/mol. The van der Waals surface area contributed by atoms with Crippen molar-refractivity contribution < 1.29 is 23.7 Å². The Morgan fingerprint density at radius 1 is 0.452 bits per heavy atom. The summed E-state index contributed by atoms with van der Waals surface area (Å²) in [6.45, 7) is 13.2. The van der Waals surface area contributed by atoms with Crippen LogP contribution in [0.2, 0.25) is 0 Å². The molecular formula is C23H51N3O5. The number of nitrogens with zero attached hydrogens (tertiary/aromatic N) is 1. The van der Waals surface area contributed by atoms with E-state index < -0.39 is 0 Å². The van der Waals surface area contributed by atoms with E-state index in [1.807, 2.05) is 0 Å². The van der Waals surface area contributed by atoms with Gasteiger partial charge in [0.1, 0.15) is 0 Å². The lowest BCUT2D eigenvalue weighted by molar-refractivity contribution is -0.0122. The van der Waals surface area contributed by atoms with E-state index in [0.717, 1.165) is 65.2 Å². The molecule has 0 spiro atoms. The summed E-state index contributed by atoms with van der Waals surface area (Å²) < 4.78 is 27.5. The minimum absolute atomic E-state index is 0.578. The molecule has 0 aliphatic rings. The topological polar surface area (TPSA) is 101 Å². The molecule has 188 valence electrons. The van der Waals surface area contributed by atoms with Crippen molar-refractivity contribution in [2.45, 2.75) is 51.9 Å². The highest BCUT2D eigenvalue weighted by molar-refractivity contribution is 4.59. The second-order valence-corrected chi connectivity index (χ2v) is 7.60. The van der Waals surface area contributed by atoms with Gasteiger partial charge in [-0.05, 0) is 58.3 Å². The first-order chi connectivity index (χ1) is 15.3. The molecule has 0 heterocycles. The SMILES string of the molecule is CCCOCCOCCOCCOCCOCCN(CCCCCN)CCCCCN. The molecule has 0 aliphatic heterocycles. The largest absolute Gasteiger partial charge is 0.379 e. The first kappa shape index (κ1) is 30.7. The minimum Gasteiger partial charge on any atom is -0.379 e. The third-order valence-electron chi connectivity index (χ3n) is 4.75. The highest BCUT2D eigenvalue weighted by Gasteiger charge is 2.05. The summed E-state index contributed by atoms with van der Waals surface area (Å²) >= 11 is 0. The zero-order valence-corrected chi connectivity index (χ0v) is 20.2. The number of ether oxygens (including phenoxy) is 5. The lowest BCUT2D eigenvalue weighted by Gasteiger charge is -2.22. The molecule has 0 amide bonds. The van der Waals surface area contributed by atoms with Crippen molar-refractivity contribution in [3.05, 3.63) is 0 Å². The summed E-state index contributed by atoms with van der Waals surface area (Å²) in [6, 6.07) is 0. The highest BCUT2D eigenvalue weighted by Crippen LogP contribution is 2.02. The van der Waals surface area contributed by atoms with Crippen molar-refractivity contribution in [2.24, 2.45) is 11.5 Å². The minimum atomic E-state index is 0.578. The fourth-order valence-electron chi connectivity index (χ4n) is 2.97. The average molecular weight is 450 g/mol. The van der Waals surface area contributed by atoms with Crippen LogP contribution in [-0.2, 0) is 23.7 Å². The van der Waals surface area contributed by atoms with Crippen LogP contribution in [0.25, 0.3) is 0 Å². The Morgan fingerprint density at radius 2 is 0.839 bits per heavy atom. The van der Waals surface area contributed by atoms with Gasteiger partial charge in [-0.25, -0.2) is 0 Å². The third-order valence-corrected chi connectivity index (χ3v) is 4.75. The van der Waals surface area contributed by atoms with Crippen LogP contribution in [0.5, 0.6) is 0 Å². The van der Waals surface area contributed by atoms with Gasteiger partial charge in [0.15, 0.2) is 0 Å². The molecule has 0 aromatic rings. The van der Waals surface area contributed by atoms with E-state index >= 15 is 0 Å². The molecule has 0 aliphatic carbocycles. The first-order valence-corrected chi connectivity index (χ1v) is 12.4. The molecule has 8 heteroatoms. The van der Waals surface area contributed by atoms with Gasteiger partial charge < -0.3 is 40.1 Å². The van der Waals surface area contributed by atoms with E-state index in [-0.39, 0.29) is 0 Å². The van der Waals surface area contributed by atoms with Crippen LogP contribution in [-0.4, -0.2) is 104 Å². The lowest BCUT2D eigenvalue weighted by atomic mass is 10.2. The summed E-state index contributed by atoms with van der Waals surface area (Å²) in [5.74, 6) is 0. The van der Waals surface area contributed by atoms with E-state index in [2.05, 4.69) is 11.8 Å². The Bertz CT molecular complexity index is 316. The number of hydrogen-bond acceptors (Lipinski definition) is 8. The smallest absolute Gasteiger partial charge is 0.0701 e. The maximum Gasteiger partial charge on any atom is 0.0701 e. The van der Waals surface area contributed by atoms with Crippen molar-refractivity contribution >= 4 is 0 Å². The monoisotopic (exact) mass is 449 g/mol. The van der Waals surface area contributed by atoms with Gasteiger partial charge in [0.2, 0.25) is 0 Å². The predicted molar refractivity (Wildman–Crippen MR) is 127 cm³/mol. The number of unbranched alkanes of at least 4 members (excludes halogenated alkanes) is 4. The van der Waals surface area contributed by atoms with Crippen LogP contribution in [0.15, 0.2) is 0 Å². The second kappa shape index (κ2) is 27.7. The Kier molecular flexibility index (Phi) is 27.4. The van der Waals surface area contributed by atoms with Crippen molar-refractivity contribution in [1.82, 2.24) is 4.90 Å². The van der Waals surface area contributed by atoms with Crippen molar-refractivity contribution in [1.29, 1.82) is 0 Å². The molecule has 0 aromatic carbocycles. The van der Waals surface area contributed by atoms with Gasteiger partial charge >= 0.3 is 0 Å². The number of nitrogens with two attached hydrogens (primary N) is 2. The normalized spacial score (nSPS) is 11.6. The second-order valence-electron chi connectivity index (χ2n) is 7.60. The third kappa shape index (κ3) is 25.8. The summed E-state index contributed by atoms with van der Waals surface area (Å²) in [7, 11) is 0. The quantitative estimate of drug-likeness (QED) is 0.184. The van der Waals surface area contributed by atoms with E-state index in [1.54, 1.807) is 0 Å². The molecule has 31 heavy (non-hydrogen) atoms. The molecule has 0 bridgehead atoms. The summed E-state index contributed by atoms with van der Waals surface area (Å²) in [5, 5.41) is 0. The van der Waals surface area contributed by atoms with Gasteiger partial charge in [-0.3, -0.25) is 0 Å². The van der Waals surface area contributed by atoms with E-state index in [1.165, 1.54) is 25.7 Å². The fourth-order valence-corrected chi connectivity index (χ4v) is 2.97. The van der Waals surface area contributed by atoms with E-state index in [0.29, 0.717) is 52.9 Å². The molecule has 0 aromatic heterocycles. The highest BCUT2D eigenvalue weighted by atomic mass is 16.6. The van der Waals surface area contributed by atoms with Crippen molar-refractivity contribution in [3.8, 4) is 0 Å². The van der Waals surface area contributed by atoms with Crippen LogP contribution in [0.4, 0.5) is 0 Å². The number of rotatable bonds is 27. The molecule has 0 radical (unpaired) electrons. The van der Waals surface area contributed by atoms with Crippen LogP contribution in [0, 0.1) is 0 Å². The van der Waals surface area contributed by atoms with Crippen LogP contribution in [0.1, 0.15) is 51.9 Å². The Balaban J connectivity index is 3.45. The zero-order chi connectivity index (χ0) is 22.7. The van der Waals surface area contributed by atoms with Crippen LogP contribution in [0.3, 0.4) is 0 Å².